The highest BCUT2D eigenvalue weighted by molar-refractivity contribution is 9.10. The Morgan fingerprint density at radius 1 is 1.39 bits per heavy atom. The lowest BCUT2D eigenvalue weighted by molar-refractivity contribution is 0.413. The third-order valence-corrected chi connectivity index (χ3v) is 3.50. The lowest BCUT2D eigenvalue weighted by Crippen LogP contribution is -2.14. The van der Waals surface area contributed by atoms with Crippen LogP contribution in [0.3, 0.4) is 0 Å². The molecule has 2 N–H and O–H groups in total. The van der Waals surface area contributed by atoms with Gasteiger partial charge in [0.25, 0.3) is 0 Å². The van der Waals surface area contributed by atoms with Gasteiger partial charge in [-0.2, -0.15) is 0 Å². The second kappa shape index (κ2) is 5.98. The number of hydrogen-bond acceptors (Lipinski definition) is 3. The van der Waals surface area contributed by atoms with Gasteiger partial charge in [-0.25, -0.2) is 0 Å². The number of rotatable bonds is 4. The molecule has 0 saturated heterocycles. The highest BCUT2D eigenvalue weighted by atomic mass is 79.9. The van der Waals surface area contributed by atoms with Crippen LogP contribution in [0, 0.1) is 0 Å². The number of pyridine rings is 1. The molecule has 1 heterocycles. The molecule has 94 valence electrons. The molecule has 0 aliphatic rings. The summed E-state index contributed by atoms with van der Waals surface area (Å²) in [6, 6.07) is 9.69. The summed E-state index contributed by atoms with van der Waals surface area (Å²) in [5, 5.41) is 0. The topological polar surface area (TPSA) is 48.1 Å². The summed E-state index contributed by atoms with van der Waals surface area (Å²) in [5.41, 5.74) is 8.40. The molecular formula is C14H15BrN2O. The van der Waals surface area contributed by atoms with E-state index >= 15 is 0 Å². The van der Waals surface area contributed by atoms with Gasteiger partial charge < -0.3 is 10.5 Å². The summed E-state index contributed by atoms with van der Waals surface area (Å²) in [5.74, 6) is 0.815. The van der Waals surface area contributed by atoms with Crippen molar-refractivity contribution in [2.75, 3.05) is 7.11 Å². The fourth-order valence-electron chi connectivity index (χ4n) is 1.82. The van der Waals surface area contributed by atoms with Gasteiger partial charge in [0.05, 0.1) is 7.11 Å². The maximum absolute atomic E-state index is 6.24. The first kappa shape index (κ1) is 13.1. The van der Waals surface area contributed by atoms with Crippen molar-refractivity contribution >= 4 is 15.9 Å². The van der Waals surface area contributed by atoms with Crippen LogP contribution in [-0.4, -0.2) is 12.1 Å². The van der Waals surface area contributed by atoms with E-state index in [4.69, 9.17) is 10.5 Å². The predicted molar refractivity (Wildman–Crippen MR) is 75.6 cm³/mol. The molecule has 0 radical (unpaired) electrons. The Kier molecular flexibility index (Phi) is 4.33. The van der Waals surface area contributed by atoms with Gasteiger partial charge in [0.15, 0.2) is 0 Å². The largest absolute Gasteiger partial charge is 0.497 e. The first-order valence-electron chi connectivity index (χ1n) is 5.68. The minimum absolute atomic E-state index is 0.0846. The number of hydrogen-bond donors (Lipinski definition) is 1. The highest BCUT2D eigenvalue weighted by Gasteiger charge is 2.12. The Labute approximate surface area is 115 Å². The quantitative estimate of drug-likeness (QED) is 0.944. The van der Waals surface area contributed by atoms with Gasteiger partial charge in [-0.1, -0.05) is 22.0 Å². The number of nitrogens with zero attached hydrogens (tertiary/aromatic N) is 1. The van der Waals surface area contributed by atoms with E-state index in [1.807, 2.05) is 36.5 Å². The van der Waals surface area contributed by atoms with E-state index in [0.717, 1.165) is 27.8 Å². The van der Waals surface area contributed by atoms with E-state index in [1.165, 1.54) is 0 Å². The Bertz CT molecular complexity index is 516. The zero-order chi connectivity index (χ0) is 13.0. The van der Waals surface area contributed by atoms with Crippen LogP contribution in [0.1, 0.15) is 17.2 Å². The molecule has 0 saturated carbocycles. The van der Waals surface area contributed by atoms with E-state index in [9.17, 15) is 0 Å². The van der Waals surface area contributed by atoms with Crippen molar-refractivity contribution in [3.05, 3.63) is 58.3 Å². The number of ether oxygens (including phenoxy) is 1. The lowest BCUT2D eigenvalue weighted by Gasteiger charge is -2.15. The number of aromatic nitrogens is 1. The molecule has 0 bridgehead atoms. The van der Waals surface area contributed by atoms with Crippen LogP contribution in [0.25, 0.3) is 0 Å². The molecule has 0 aliphatic carbocycles. The molecule has 0 aliphatic heterocycles. The Balaban J connectivity index is 2.20. The van der Waals surface area contributed by atoms with Gasteiger partial charge >= 0.3 is 0 Å². The van der Waals surface area contributed by atoms with Gasteiger partial charge in [-0.05, 0) is 41.8 Å². The number of halogens is 1. The van der Waals surface area contributed by atoms with Gasteiger partial charge in [0.1, 0.15) is 5.75 Å². The van der Waals surface area contributed by atoms with E-state index in [1.54, 1.807) is 13.3 Å². The second-order valence-corrected chi connectivity index (χ2v) is 4.91. The smallest absolute Gasteiger partial charge is 0.119 e. The van der Waals surface area contributed by atoms with Crippen molar-refractivity contribution in [2.24, 2.45) is 5.73 Å². The lowest BCUT2D eigenvalue weighted by atomic mass is 10.0. The molecule has 3 nitrogen and oxygen atoms in total. The molecule has 2 rings (SSSR count). The molecule has 1 atom stereocenters. The number of benzene rings is 1. The average Bonchev–Trinajstić information content (AvgIpc) is 2.40. The summed E-state index contributed by atoms with van der Waals surface area (Å²) < 4.78 is 6.22. The number of methoxy groups -OCH3 is 1. The highest BCUT2D eigenvalue weighted by Crippen LogP contribution is 2.28. The first-order chi connectivity index (χ1) is 8.70. The molecule has 4 heteroatoms. The molecule has 18 heavy (non-hydrogen) atoms. The summed E-state index contributed by atoms with van der Waals surface area (Å²) >= 11 is 3.52. The van der Waals surface area contributed by atoms with Gasteiger partial charge in [0.2, 0.25) is 0 Å². The molecule has 0 fully saturated rings. The fraction of sp³-hybridized carbons (Fsp3) is 0.214. The van der Waals surface area contributed by atoms with Crippen molar-refractivity contribution in [3.63, 3.8) is 0 Å². The molecule has 1 aromatic carbocycles. The second-order valence-electron chi connectivity index (χ2n) is 4.06. The van der Waals surface area contributed by atoms with E-state index in [2.05, 4.69) is 20.9 Å². The van der Waals surface area contributed by atoms with E-state index in [-0.39, 0.29) is 6.04 Å². The number of nitrogens with two attached hydrogens (primary N) is 1. The minimum Gasteiger partial charge on any atom is -0.497 e. The Morgan fingerprint density at radius 3 is 2.89 bits per heavy atom. The Morgan fingerprint density at radius 2 is 2.22 bits per heavy atom. The zero-order valence-electron chi connectivity index (χ0n) is 10.1. The summed E-state index contributed by atoms with van der Waals surface area (Å²) in [4.78, 5) is 4.10. The monoisotopic (exact) mass is 306 g/mol. The third-order valence-electron chi connectivity index (χ3n) is 2.78. The van der Waals surface area contributed by atoms with Crippen molar-refractivity contribution < 1.29 is 4.74 Å². The molecule has 0 amide bonds. The van der Waals surface area contributed by atoms with Crippen LogP contribution in [0.15, 0.2) is 47.2 Å². The molecular weight excluding hydrogens is 292 g/mol. The van der Waals surface area contributed by atoms with E-state index in [0.29, 0.717) is 0 Å². The molecule has 1 aromatic heterocycles. The van der Waals surface area contributed by atoms with Crippen LogP contribution in [0.2, 0.25) is 0 Å². The minimum atomic E-state index is -0.0846. The van der Waals surface area contributed by atoms with Crippen LogP contribution in [-0.2, 0) is 6.42 Å². The SMILES string of the molecule is COc1ccc(Br)c(C(N)Cc2cccnc2)c1. The summed E-state index contributed by atoms with van der Waals surface area (Å²) in [6.45, 7) is 0. The Hall–Kier alpha value is -1.39. The van der Waals surface area contributed by atoms with Crippen molar-refractivity contribution in [1.82, 2.24) is 4.98 Å². The maximum atomic E-state index is 6.24. The van der Waals surface area contributed by atoms with Crippen molar-refractivity contribution in [1.29, 1.82) is 0 Å². The van der Waals surface area contributed by atoms with Crippen molar-refractivity contribution in [2.45, 2.75) is 12.5 Å². The molecule has 0 spiro atoms. The molecule has 1 unspecified atom stereocenters. The maximum Gasteiger partial charge on any atom is 0.119 e. The fourth-order valence-corrected chi connectivity index (χ4v) is 2.36. The van der Waals surface area contributed by atoms with Crippen LogP contribution in [0.4, 0.5) is 0 Å². The van der Waals surface area contributed by atoms with E-state index < -0.39 is 0 Å². The molecule has 2 aromatic rings. The zero-order valence-corrected chi connectivity index (χ0v) is 11.7. The third kappa shape index (κ3) is 3.09. The van der Waals surface area contributed by atoms with Crippen LogP contribution < -0.4 is 10.5 Å². The standard InChI is InChI=1S/C14H15BrN2O/c1-18-11-4-5-13(15)12(8-11)14(16)7-10-3-2-6-17-9-10/h2-6,8-9,14H,7,16H2,1H3. The predicted octanol–water partition coefficient (Wildman–Crippen LogP) is 3.10. The van der Waals surface area contributed by atoms with Gasteiger partial charge in [-0.15, -0.1) is 0 Å². The summed E-state index contributed by atoms with van der Waals surface area (Å²) in [7, 11) is 1.65. The normalized spacial score (nSPS) is 12.2. The van der Waals surface area contributed by atoms with Crippen LogP contribution >= 0.6 is 15.9 Å². The summed E-state index contributed by atoms with van der Waals surface area (Å²) in [6.07, 6.45) is 4.35. The van der Waals surface area contributed by atoms with Crippen molar-refractivity contribution in [3.8, 4) is 5.75 Å². The first-order valence-corrected chi connectivity index (χ1v) is 6.48. The van der Waals surface area contributed by atoms with Gasteiger partial charge in [0, 0.05) is 22.9 Å². The van der Waals surface area contributed by atoms with Crippen LogP contribution in [0.5, 0.6) is 5.75 Å². The average molecular weight is 307 g/mol. The van der Waals surface area contributed by atoms with Gasteiger partial charge in [-0.3, -0.25) is 4.98 Å².